The van der Waals surface area contributed by atoms with Gasteiger partial charge in [0.2, 0.25) is 0 Å². The fraction of sp³-hybridized carbons (Fsp3) is 0.273. The van der Waals surface area contributed by atoms with Crippen molar-refractivity contribution >= 4 is 17.6 Å². The van der Waals surface area contributed by atoms with E-state index < -0.39 is 11.9 Å². The number of nitrogens with two attached hydrogens (primary N) is 1. The van der Waals surface area contributed by atoms with Gasteiger partial charge in [-0.2, -0.15) is 0 Å². The number of carboxylic acid groups (broad SMARTS) is 1. The van der Waals surface area contributed by atoms with Gasteiger partial charge in [0.1, 0.15) is 0 Å². The van der Waals surface area contributed by atoms with Crippen LogP contribution in [0.4, 0.5) is 5.69 Å². The van der Waals surface area contributed by atoms with Crippen molar-refractivity contribution in [2.24, 2.45) is 0 Å². The number of carbonyl (C=O) groups excluding carboxylic acids is 1. The largest absolute Gasteiger partial charge is 0.481 e. The lowest BCUT2D eigenvalue weighted by Crippen LogP contribution is -2.13. The van der Waals surface area contributed by atoms with Crippen molar-refractivity contribution in [3.8, 4) is 0 Å². The van der Waals surface area contributed by atoms with Crippen molar-refractivity contribution in [2.45, 2.75) is 13.3 Å². The first-order valence-electron chi connectivity index (χ1n) is 4.82. The van der Waals surface area contributed by atoms with Crippen molar-refractivity contribution in [3.63, 3.8) is 0 Å². The molecule has 5 nitrogen and oxygen atoms in total. The smallest absolute Gasteiger partial charge is 0.338 e. The molecule has 0 amide bonds. The summed E-state index contributed by atoms with van der Waals surface area (Å²) in [5.74, 6) is -1.59. The van der Waals surface area contributed by atoms with E-state index >= 15 is 0 Å². The Hall–Kier alpha value is -2.04. The minimum Gasteiger partial charge on any atom is -0.481 e. The summed E-state index contributed by atoms with van der Waals surface area (Å²) >= 11 is 0. The Morgan fingerprint density at radius 2 is 2.12 bits per heavy atom. The summed E-state index contributed by atoms with van der Waals surface area (Å²) in [6, 6.07) is 4.65. The number of nitrogen functional groups attached to an aromatic ring is 1. The number of carbonyl (C=O) groups is 2. The number of anilines is 1. The highest BCUT2D eigenvalue weighted by Crippen LogP contribution is 2.18. The van der Waals surface area contributed by atoms with E-state index in [-0.39, 0.29) is 24.3 Å². The van der Waals surface area contributed by atoms with E-state index in [9.17, 15) is 9.59 Å². The molecule has 0 saturated carbocycles. The van der Waals surface area contributed by atoms with E-state index in [0.717, 1.165) is 0 Å². The van der Waals surface area contributed by atoms with Crippen LogP contribution in [0.2, 0.25) is 0 Å². The highest BCUT2D eigenvalue weighted by Gasteiger charge is 2.16. The van der Waals surface area contributed by atoms with Crippen molar-refractivity contribution < 1.29 is 19.4 Å². The number of ether oxygens (including phenoxy) is 1. The van der Waals surface area contributed by atoms with Gasteiger partial charge in [-0.3, -0.25) is 4.79 Å². The van der Waals surface area contributed by atoms with E-state index in [1.165, 1.54) is 6.07 Å². The molecular formula is C11H13NO4. The third-order valence-corrected chi connectivity index (χ3v) is 2.04. The van der Waals surface area contributed by atoms with Gasteiger partial charge in [-0.1, -0.05) is 6.07 Å². The van der Waals surface area contributed by atoms with Gasteiger partial charge < -0.3 is 15.6 Å². The van der Waals surface area contributed by atoms with Crippen molar-refractivity contribution in [1.29, 1.82) is 0 Å². The highest BCUT2D eigenvalue weighted by atomic mass is 16.5. The lowest BCUT2D eigenvalue weighted by molar-refractivity contribution is -0.136. The van der Waals surface area contributed by atoms with Crippen LogP contribution in [0.1, 0.15) is 22.8 Å². The van der Waals surface area contributed by atoms with Gasteiger partial charge in [-0.25, -0.2) is 4.79 Å². The molecule has 0 radical (unpaired) electrons. The molecule has 86 valence electrons. The predicted octanol–water partition coefficient (Wildman–Crippen LogP) is 1.07. The van der Waals surface area contributed by atoms with Crippen molar-refractivity contribution in [3.05, 3.63) is 29.3 Å². The SMILES string of the molecule is CCOC(=O)c1cccc(N)c1CC(=O)O. The first kappa shape index (κ1) is 12.0. The zero-order chi connectivity index (χ0) is 12.1. The molecular weight excluding hydrogens is 210 g/mol. The molecule has 0 aliphatic rings. The summed E-state index contributed by atoms with van der Waals surface area (Å²) in [5.41, 5.74) is 6.43. The maximum absolute atomic E-state index is 11.5. The van der Waals surface area contributed by atoms with Crippen LogP contribution >= 0.6 is 0 Å². The zero-order valence-electron chi connectivity index (χ0n) is 8.90. The van der Waals surface area contributed by atoms with Gasteiger partial charge in [0, 0.05) is 11.3 Å². The summed E-state index contributed by atoms with van der Waals surface area (Å²) in [6.45, 7) is 1.92. The number of hydrogen-bond donors (Lipinski definition) is 2. The number of benzene rings is 1. The number of aliphatic carboxylic acids is 1. The minimum absolute atomic E-state index is 0.212. The quantitative estimate of drug-likeness (QED) is 0.588. The van der Waals surface area contributed by atoms with Gasteiger partial charge in [0.15, 0.2) is 0 Å². The number of rotatable bonds is 4. The normalized spacial score (nSPS) is 9.81. The van der Waals surface area contributed by atoms with Gasteiger partial charge in [0.25, 0.3) is 0 Å². The fourth-order valence-electron chi connectivity index (χ4n) is 1.35. The fourth-order valence-corrected chi connectivity index (χ4v) is 1.35. The third kappa shape index (κ3) is 2.73. The van der Waals surface area contributed by atoms with Crippen LogP contribution < -0.4 is 5.73 Å². The maximum Gasteiger partial charge on any atom is 0.338 e. The molecule has 0 bridgehead atoms. The van der Waals surface area contributed by atoms with E-state index in [1.807, 2.05) is 0 Å². The minimum atomic E-state index is -1.04. The average molecular weight is 223 g/mol. The zero-order valence-corrected chi connectivity index (χ0v) is 8.90. The average Bonchev–Trinajstić information content (AvgIpc) is 2.20. The summed E-state index contributed by atoms with van der Waals surface area (Å²) < 4.78 is 4.82. The molecule has 16 heavy (non-hydrogen) atoms. The highest BCUT2D eigenvalue weighted by molar-refractivity contribution is 5.94. The molecule has 0 unspecified atom stereocenters. The predicted molar refractivity (Wildman–Crippen MR) is 58.2 cm³/mol. The molecule has 0 spiro atoms. The molecule has 0 aliphatic carbocycles. The molecule has 0 aromatic heterocycles. The van der Waals surface area contributed by atoms with E-state index in [1.54, 1.807) is 19.1 Å². The van der Waals surface area contributed by atoms with E-state index in [0.29, 0.717) is 5.56 Å². The Morgan fingerprint density at radius 3 is 2.69 bits per heavy atom. The summed E-state index contributed by atoms with van der Waals surface area (Å²) in [4.78, 5) is 22.2. The molecule has 0 saturated heterocycles. The molecule has 0 atom stereocenters. The Balaban J connectivity index is 3.11. The van der Waals surface area contributed by atoms with E-state index in [4.69, 9.17) is 15.6 Å². The lowest BCUT2D eigenvalue weighted by Gasteiger charge is -2.09. The Bertz CT molecular complexity index is 414. The molecule has 5 heteroatoms. The number of carboxylic acids is 1. The second-order valence-electron chi connectivity index (χ2n) is 3.16. The molecule has 0 fully saturated rings. The molecule has 0 aliphatic heterocycles. The van der Waals surface area contributed by atoms with Crippen molar-refractivity contribution in [2.75, 3.05) is 12.3 Å². The van der Waals surface area contributed by atoms with Crippen LogP contribution in [0.3, 0.4) is 0 Å². The second kappa shape index (κ2) is 5.16. The topological polar surface area (TPSA) is 89.6 Å². The van der Waals surface area contributed by atoms with Crippen LogP contribution in [0, 0.1) is 0 Å². The first-order valence-corrected chi connectivity index (χ1v) is 4.82. The van der Waals surface area contributed by atoms with Crippen LogP contribution in [-0.2, 0) is 16.0 Å². The standard InChI is InChI=1S/C11H13NO4/c1-2-16-11(15)7-4-3-5-9(12)8(7)6-10(13)14/h3-5H,2,6,12H2,1H3,(H,13,14). The summed E-state index contributed by atoms with van der Waals surface area (Å²) in [7, 11) is 0. The monoisotopic (exact) mass is 223 g/mol. The molecule has 1 aromatic carbocycles. The van der Waals surface area contributed by atoms with Gasteiger partial charge in [-0.15, -0.1) is 0 Å². The van der Waals surface area contributed by atoms with Crippen LogP contribution in [0.25, 0.3) is 0 Å². The van der Waals surface area contributed by atoms with Gasteiger partial charge in [0.05, 0.1) is 18.6 Å². The molecule has 3 N–H and O–H groups in total. The van der Waals surface area contributed by atoms with Crippen molar-refractivity contribution in [1.82, 2.24) is 0 Å². The maximum atomic E-state index is 11.5. The number of esters is 1. The number of hydrogen-bond acceptors (Lipinski definition) is 4. The van der Waals surface area contributed by atoms with Crippen LogP contribution in [-0.4, -0.2) is 23.7 Å². The lowest BCUT2D eigenvalue weighted by atomic mass is 10.0. The van der Waals surface area contributed by atoms with Crippen LogP contribution in [0.15, 0.2) is 18.2 Å². The summed E-state index contributed by atoms with van der Waals surface area (Å²) in [5, 5.41) is 8.72. The van der Waals surface area contributed by atoms with Gasteiger partial charge >= 0.3 is 11.9 Å². The van der Waals surface area contributed by atoms with Gasteiger partial charge in [-0.05, 0) is 19.1 Å². The first-order chi connectivity index (χ1) is 7.56. The van der Waals surface area contributed by atoms with E-state index in [2.05, 4.69) is 0 Å². The Labute approximate surface area is 92.8 Å². The molecule has 1 rings (SSSR count). The molecule has 1 aromatic rings. The Kier molecular flexibility index (Phi) is 3.88. The molecule has 0 heterocycles. The third-order valence-electron chi connectivity index (χ3n) is 2.04. The van der Waals surface area contributed by atoms with Crippen LogP contribution in [0.5, 0.6) is 0 Å². The Morgan fingerprint density at radius 1 is 1.44 bits per heavy atom. The second-order valence-corrected chi connectivity index (χ2v) is 3.16. The summed E-state index contributed by atoms with van der Waals surface area (Å²) in [6.07, 6.45) is -0.291.